The highest BCUT2D eigenvalue weighted by Gasteiger charge is 2.12. The molecule has 1 heterocycles. The summed E-state index contributed by atoms with van der Waals surface area (Å²) in [6.07, 6.45) is 3.27. The van der Waals surface area contributed by atoms with Gasteiger partial charge in [-0.15, -0.1) is 0 Å². The minimum absolute atomic E-state index is 0. The van der Waals surface area contributed by atoms with Crippen LogP contribution in [0.5, 0.6) is 0 Å². The molecular weight excluding hydrogens is 290 g/mol. The molecule has 1 aromatic carbocycles. The highest BCUT2D eigenvalue weighted by atomic mass is 35.5. The van der Waals surface area contributed by atoms with E-state index in [1.165, 1.54) is 0 Å². The molecule has 1 aromatic heterocycles. The van der Waals surface area contributed by atoms with Gasteiger partial charge in [0.05, 0.1) is 0 Å². The monoisotopic (exact) mass is 305 g/mol. The number of carbonyl (C=O) groups is 2. The van der Waals surface area contributed by atoms with Gasteiger partial charge in [0.2, 0.25) is 6.54 Å². The zero-order chi connectivity index (χ0) is 14.5. The molecule has 2 rings (SSSR count). The van der Waals surface area contributed by atoms with Crippen LogP contribution in [-0.2, 0) is 11.3 Å². The standard InChI is InChI=1S/C15H15N3O2.ClH/c1-11-5-2-3-7-13(11)17-14(19)10-18-8-4-6-12(9-18)15(16)20;/h2-9H,10H2,1H3,(H2-,16,17,19,20);1H. The minimum atomic E-state index is -0.515. The van der Waals surface area contributed by atoms with Crippen LogP contribution in [0.25, 0.3) is 0 Å². The number of rotatable bonds is 4. The van der Waals surface area contributed by atoms with Crippen LogP contribution in [0.2, 0.25) is 0 Å². The number of pyridine rings is 1. The topological polar surface area (TPSA) is 76.1 Å². The molecule has 0 aliphatic heterocycles. The van der Waals surface area contributed by atoms with E-state index in [1.54, 1.807) is 29.1 Å². The quantitative estimate of drug-likeness (QED) is 0.643. The molecule has 0 saturated heterocycles. The molecule has 2 aromatic rings. The lowest BCUT2D eigenvalue weighted by Crippen LogP contribution is -3.00. The number of halogens is 1. The van der Waals surface area contributed by atoms with Crippen molar-refractivity contribution in [2.45, 2.75) is 13.5 Å². The Kier molecular flexibility index (Phi) is 5.87. The summed E-state index contributed by atoms with van der Waals surface area (Å²) in [5.74, 6) is -0.676. The first-order chi connectivity index (χ1) is 9.56. The fourth-order valence-corrected chi connectivity index (χ4v) is 1.83. The molecule has 2 amide bonds. The van der Waals surface area contributed by atoms with Crippen molar-refractivity contribution in [3.05, 3.63) is 59.9 Å². The summed E-state index contributed by atoms with van der Waals surface area (Å²) in [5.41, 5.74) is 7.35. The lowest BCUT2D eigenvalue weighted by atomic mass is 10.2. The molecule has 0 bridgehead atoms. The molecule has 0 spiro atoms. The van der Waals surface area contributed by atoms with Gasteiger partial charge in [0.15, 0.2) is 12.4 Å². The molecule has 0 radical (unpaired) electrons. The van der Waals surface area contributed by atoms with Crippen molar-refractivity contribution in [1.29, 1.82) is 0 Å². The van der Waals surface area contributed by atoms with Gasteiger partial charge in [-0.1, -0.05) is 18.2 Å². The number of hydrogen-bond donors (Lipinski definition) is 2. The summed E-state index contributed by atoms with van der Waals surface area (Å²) in [4.78, 5) is 23.1. The van der Waals surface area contributed by atoms with Crippen molar-refractivity contribution in [2.24, 2.45) is 5.73 Å². The summed E-state index contributed by atoms with van der Waals surface area (Å²) in [5, 5.41) is 2.83. The van der Waals surface area contributed by atoms with Crippen molar-refractivity contribution in [3.63, 3.8) is 0 Å². The third-order valence-electron chi connectivity index (χ3n) is 2.89. The number of para-hydroxylation sites is 1. The van der Waals surface area contributed by atoms with Crippen molar-refractivity contribution >= 4 is 17.5 Å². The van der Waals surface area contributed by atoms with Gasteiger partial charge >= 0.3 is 0 Å². The predicted octanol–water partition coefficient (Wildman–Crippen LogP) is -1.98. The predicted molar refractivity (Wildman–Crippen MR) is 75.0 cm³/mol. The molecule has 0 aliphatic rings. The summed E-state index contributed by atoms with van der Waals surface area (Å²) >= 11 is 0. The van der Waals surface area contributed by atoms with Gasteiger partial charge in [0, 0.05) is 11.8 Å². The number of aromatic nitrogens is 1. The van der Waals surface area contributed by atoms with E-state index >= 15 is 0 Å². The van der Waals surface area contributed by atoms with Gasteiger partial charge in [-0.05, 0) is 24.6 Å². The second kappa shape index (κ2) is 7.40. The Hall–Kier alpha value is -2.40. The normalized spacial score (nSPS) is 9.57. The summed E-state index contributed by atoms with van der Waals surface area (Å²) in [7, 11) is 0. The second-order valence-electron chi connectivity index (χ2n) is 4.49. The maximum absolute atomic E-state index is 12.0. The third-order valence-corrected chi connectivity index (χ3v) is 2.89. The van der Waals surface area contributed by atoms with Crippen LogP contribution >= 0.6 is 0 Å². The number of hydrogen-bond acceptors (Lipinski definition) is 2. The highest BCUT2D eigenvalue weighted by Crippen LogP contribution is 2.12. The Morgan fingerprint density at radius 1 is 1.19 bits per heavy atom. The smallest absolute Gasteiger partial charge is 0.290 e. The Labute approximate surface area is 129 Å². The van der Waals surface area contributed by atoms with Gasteiger partial charge in [-0.3, -0.25) is 9.59 Å². The van der Waals surface area contributed by atoms with Crippen LogP contribution in [0.3, 0.4) is 0 Å². The average molecular weight is 306 g/mol. The van der Waals surface area contributed by atoms with Crippen molar-refractivity contribution in [1.82, 2.24) is 0 Å². The minimum Gasteiger partial charge on any atom is -1.00 e. The molecule has 3 N–H and O–H groups in total. The largest absolute Gasteiger partial charge is 1.00 e. The lowest BCUT2D eigenvalue weighted by molar-refractivity contribution is -0.684. The van der Waals surface area contributed by atoms with E-state index in [0.29, 0.717) is 5.56 Å². The Morgan fingerprint density at radius 3 is 2.57 bits per heavy atom. The molecule has 0 unspecified atom stereocenters. The molecule has 6 heteroatoms. The molecule has 0 fully saturated rings. The molecular formula is C15H16ClN3O2. The number of nitrogens with one attached hydrogen (secondary N) is 1. The molecule has 5 nitrogen and oxygen atoms in total. The van der Waals surface area contributed by atoms with E-state index in [1.807, 2.05) is 31.2 Å². The maximum Gasteiger partial charge on any atom is 0.290 e. The first-order valence-corrected chi connectivity index (χ1v) is 6.20. The van der Waals surface area contributed by atoms with E-state index in [2.05, 4.69) is 5.32 Å². The number of nitrogens with zero attached hydrogens (tertiary/aromatic N) is 1. The lowest BCUT2D eigenvalue weighted by Gasteiger charge is -2.06. The number of amides is 2. The van der Waals surface area contributed by atoms with Crippen LogP contribution in [0, 0.1) is 6.92 Å². The second-order valence-corrected chi connectivity index (χ2v) is 4.49. The number of primary amides is 1. The first kappa shape index (κ1) is 16.7. The zero-order valence-electron chi connectivity index (χ0n) is 11.5. The van der Waals surface area contributed by atoms with E-state index < -0.39 is 5.91 Å². The van der Waals surface area contributed by atoms with E-state index in [4.69, 9.17) is 5.73 Å². The number of benzene rings is 1. The Balaban J connectivity index is 0.00000220. The Morgan fingerprint density at radius 2 is 1.90 bits per heavy atom. The fraction of sp³-hybridized carbons (Fsp3) is 0.133. The zero-order valence-corrected chi connectivity index (χ0v) is 12.3. The maximum atomic E-state index is 12.0. The summed E-state index contributed by atoms with van der Waals surface area (Å²) < 4.78 is 1.62. The van der Waals surface area contributed by atoms with E-state index in [9.17, 15) is 9.59 Å². The summed E-state index contributed by atoms with van der Waals surface area (Å²) in [6, 6.07) is 10.8. The summed E-state index contributed by atoms with van der Waals surface area (Å²) in [6.45, 7) is 2.05. The highest BCUT2D eigenvalue weighted by molar-refractivity contribution is 5.92. The average Bonchev–Trinajstić information content (AvgIpc) is 2.41. The van der Waals surface area contributed by atoms with Gasteiger partial charge in [-0.2, -0.15) is 4.57 Å². The number of aryl methyl sites for hydroxylation is 1. The van der Waals surface area contributed by atoms with Gasteiger partial charge in [0.1, 0.15) is 5.56 Å². The van der Waals surface area contributed by atoms with Crippen LogP contribution < -0.4 is 28.0 Å². The molecule has 110 valence electrons. The van der Waals surface area contributed by atoms with Gasteiger partial charge in [0.25, 0.3) is 11.8 Å². The number of carbonyl (C=O) groups excluding carboxylic acids is 2. The van der Waals surface area contributed by atoms with Gasteiger partial charge < -0.3 is 23.5 Å². The van der Waals surface area contributed by atoms with Crippen molar-refractivity contribution in [3.8, 4) is 0 Å². The number of nitrogens with two attached hydrogens (primary N) is 1. The molecule has 0 saturated carbocycles. The van der Waals surface area contributed by atoms with Crippen molar-refractivity contribution in [2.75, 3.05) is 5.32 Å². The number of anilines is 1. The van der Waals surface area contributed by atoms with E-state index in [0.717, 1.165) is 11.3 Å². The van der Waals surface area contributed by atoms with Crippen LogP contribution in [0.15, 0.2) is 48.8 Å². The van der Waals surface area contributed by atoms with E-state index in [-0.39, 0.29) is 24.9 Å². The fourth-order valence-electron chi connectivity index (χ4n) is 1.83. The first-order valence-electron chi connectivity index (χ1n) is 6.20. The van der Waals surface area contributed by atoms with Crippen LogP contribution in [0.1, 0.15) is 15.9 Å². The Bertz CT molecular complexity index is 659. The van der Waals surface area contributed by atoms with Crippen molar-refractivity contribution < 1.29 is 26.6 Å². The molecule has 21 heavy (non-hydrogen) atoms. The van der Waals surface area contributed by atoms with Crippen LogP contribution in [-0.4, -0.2) is 11.8 Å². The molecule has 0 atom stereocenters. The third kappa shape index (κ3) is 4.57. The van der Waals surface area contributed by atoms with Crippen LogP contribution in [0.4, 0.5) is 5.69 Å². The van der Waals surface area contributed by atoms with Gasteiger partial charge in [-0.25, -0.2) is 0 Å². The SMILES string of the molecule is Cc1ccccc1NC(=O)C[n+]1cccc(C(N)=O)c1.[Cl-]. The molecule has 0 aliphatic carbocycles.